The van der Waals surface area contributed by atoms with Crippen LogP contribution in [0.2, 0.25) is 6.55 Å². The molecule has 3 heterocycles. The zero-order chi connectivity index (χ0) is 32.0. The average molecular weight is 641 g/mol. The summed E-state index contributed by atoms with van der Waals surface area (Å²) >= 11 is 0. The van der Waals surface area contributed by atoms with Crippen molar-refractivity contribution >= 4 is 101 Å². The monoisotopic (exact) mass is 640 g/mol. The van der Waals surface area contributed by atoms with Gasteiger partial charge in [0.15, 0.2) is 8.07 Å². The van der Waals surface area contributed by atoms with Gasteiger partial charge in [-0.05, 0) is 109 Å². The van der Waals surface area contributed by atoms with Gasteiger partial charge in [-0.15, -0.1) is 0 Å². The van der Waals surface area contributed by atoms with Crippen LogP contribution < -0.4 is 30.1 Å². The molecule has 0 N–H and O–H groups in total. The van der Waals surface area contributed by atoms with Crippen LogP contribution in [0.5, 0.6) is 11.5 Å². The Morgan fingerprint density at radius 2 is 0.837 bits per heavy atom. The fourth-order valence-electron chi connectivity index (χ4n) is 9.49. The first kappa shape index (κ1) is 25.9. The van der Waals surface area contributed by atoms with Crippen LogP contribution in [0.25, 0.3) is 43.1 Å². The molecule has 1 unspecified atom stereocenters. The molecule has 4 heteroatoms. The Kier molecular flexibility index (Phi) is 4.69. The topological polar surface area (TPSA) is 15.7 Å². The Balaban J connectivity index is 1.18. The first-order chi connectivity index (χ1) is 24.2. The second-order valence-electron chi connectivity index (χ2n) is 13.9. The van der Waals surface area contributed by atoms with Gasteiger partial charge in [-0.2, -0.15) is 0 Å². The molecule has 9 aromatic rings. The highest BCUT2D eigenvalue weighted by atomic mass is 28.3. The summed E-state index contributed by atoms with van der Waals surface area (Å²) in [4.78, 5) is 5.00. The van der Waals surface area contributed by atoms with E-state index in [0.717, 1.165) is 17.2 Å². The molecule has 49 heavy (non-hydrogen) atoms. The lowest BCUT2D eigenvalue weighted by Gasteiger charge is -2.51. The van der Waals surface area contributed by atoms with Crippen molar-refractivity contribution in [1.29, 1.82) is 0 Å². The van der Waals surface area contributed by atoms with Crippen molar-refractivity contribution in [1.82, 2.24) is 0 Å². The predicted octanol–water partition coefficient (Wildman–Crippen LogP) is 10.5. The van der Waals surface area contributed by atoms with Gasteiger partial charge in [-0.25, -0.2) is 0 Å². The molecule has 228 valence electrons. The number of fused-ring (bicyclic) bond motifs is 1. The normalized spacial score (nSPS) is 16.8. The van der Waals surface area contributed by atoms with Crippen LogP contribution in [0.15, 0.2) is 152 Å². The van der Waals surface area contributed by atoms with Crippen molar-refractivity contribution in [2.75, 3.05) is 9.80 Å². The molecule has 0 aromatic heterocycles. The second kappa shape index (κ2) is 8.87. The SMILES string of the molecule is C[Si]12c3c4cccc3N(c3ccc5ccccc5c3)c3cccc(c31)N(c1cc3ccc5cccc6ccc(c1)c3c56)c1cccc(c12)O4. The first-order valence-corrected chi connectivity index (χ1v) is 19.5. The molecule has 0 amide bonds. The zero-order valence-electron chi connectivity index (χ0n) is 26.7. The van der Waals surface area contributed by atoms with Crippen molar-refractivity contribution in [3.8, 4) is 11.5 Å². The minimum Gasteiger partial charge on any atom is -0.457 e. The maximum absolute atomic E-state index is 6.89. The summed E-state index contributed by atoms with van der Waals surface area (Å²) in [7, 11) is -2.53. The highest BCUT2D eigenvalue weighted by Crippen LogP contribution is 2.51. The number of hydrogen-bond acceptors (Lipinski definition) is 3. The fraction of sp³-hybridized carbons (Fsp3) is 0.0222. The predicted molar refractivity (Wildman–Crippen MR) is 208 cm³/mol. The Bertz CT molecular complexity index is 2850. The van der Waals surface area contributed by atoms with Gasteiger partial charge in [-0.3, -0.25) is 0 Å². The Morgan fingerprint density at radius 1 is 0.388 bits per heavy atom. The van der Waals surface area contributed by atoms with E-state index in [1.807, 2.05) is 0 Å². The van der Waals surface area contributed by atoms with Gasteiger partial charge in [-0.1, -0.05) is 97.5 Å². The van der Waals surface area contributed by atoms with Crippen LogP contribution in [0.3, 0.4) is 0 Å². The molecule has 3 nitrogen and oxygen atoms in total. The Hall–Kier alpha value is -6.10. The Labute approximate surface area is 284 Å². The summed E-state index contributed by atoms with van der Waals surface area (Å²) in [5, 5.41) is 14.4. The van der Waals surface area contributed by atoms with E-state index in [9.17, 15) is 0 Å². The fourth-order valence-corrected chi connectivity index (χ4v) is 14.3. The molecule has 0 bridgehead atoms. The first-order valence-electron chi connectivity index (χ1n) is 17.0. The molecule has 0 radical (unpaired) electrons. The number of benzene rings is 9. The highest BCUT2D eigenvalue weighted by molar-refractivity contribution is 7.15. The van der Waals surface area contributed by atoms with Crippen molar-refractivity contribution in [3.63, 3.8) is 0 Å². The molecule has 12 rings (SSSR count). The summed E-state index contributed by atoms with van der Waals surface area (Å²) in [6.45, 7) is 2.55. The third-order valence-corrected chi connectivity index (χ3v) is 15.9. The second-order valence-corrected chi connectivity index (χ2v) is 17.6. The number of hydrogen-bond donors (Lipinski definition) is 0. The van der Waals surface area contributed by atoms with E-state index in [-0.39, 0.29) is 0 Å². The highest BCUT2D eigenvalue weighted by Gasteiger charge is 2.55. The van der Waals surface area contributed by atoms with Crippen molar-refractivity contribution in [2.24, 2.45) is 0 Å². The van der Waals surface area contributed by atoms with E-state index in [4.69, 9.17) is 4.74 Å². The van der Waals surface area contributed by atoms with E-state index in [1.165, 1.54) is 87.1 Å². The average Bonchev–Trinajstić information content (AvgIpc) is 3.14. The van der Waals surface area contributed by atoms with Gasteiger partial charge in [0.05, 0.1) is 0 Å². The van der Waals surface area contributed by atoms with Crippen LogP contribution in [0, 0.1) is 0 Å². The number of rotatable bonds is 2. The molecule has 0 fully saturated rings. The van der Waals surface area contributed by atoms with E-state index in [0.29, 0.717) is 0 Å². The minimum absolute atomic E-state index is 0.985. The molecule has 0 spiro atoms. The van der Waals surface area contributed by atoms with E-state index >= 15 is 0 Å². The van der Waals surface area contributed by atoms with Gasteiger partial charge >= 0.3 is 0 Å². The van der Waals surface area contributed by atoms with E-state index in [2.05, 4.69) is 168 Å². The van der Waals surface area contributed by atoms with Gasteiger partial charge in [0, 0.05) is 44.5 Å². The summed E-state index contributed by atoms with van der Waals surface area (Å²) in [6.07, 6.45) is 0. The van der Waals surface area contributed by atoms with E-state index in [1.54, 1.807) is 0 Å². The number of ether oxygens (including phenoxy) is 1. The Morgan fingerprint density at radius 3 is 1.49 bits per heavy atom. The van der Waals surface area contributed by atoms with Crippen LogP contribution in [-0.2, 0) is 0 Å². The van der Waals surface area contributed by atoms with Crippen LogP contribution in [-0.4, -0.2) is 8.07 Å². The van der Waals surface area contributed by atoms with Gasteiger partial charge in [0.2, 0.25) is 0 Å². The quantitative estimate of drug-likeness (QED) is 0.138. The molecule has 0 aliphatic carbocycles. The van der Waals surface area contributed by atoms with Gasteiger partial charge in [0.25, 0.3) is 0 Å². The van der Waals surface area contributed by atoms with Gasteiger partial charge in [0.1, 0.15) is 11.5 Å². The molecule has 3 aliphatic rings. The maximum atomic E-state index is 6.89. The minimum atomic E-state index is -2.53. The lowest BCUT2D eigenvalue weighted by molar-refractivity contribution is 0.487. The summed E-state index contributed by atoms with van der Waals surface area (Å²) < 4.78 is 6.89. The summed E-state index contributed by atoms with van der Waals surface area (Å²) in [5.74, 6) is 1.97. The van der Waals surface area contributed by atoms with Crippen molar-refractivity contribution < 1.29 is 4.74 Å². The third-order valence-electron chi connectivity index (χ3n) is 11.4. The molecule has 3 aliphatic heterocycles. The summed E-state index contributed by atoms with van der Waals surface area (Å²) in [5.41, 5.74) is 7.31. The maximum Gasteiger partial charge on any atom is 0.165 e. The molecule has 0 saturated heterocycles. The zero-order valence-corrected chi connectivity index (χ0v) is 27.7. The molecule has 0 saturated carbocycles. The largest absolute Gasteiger partial charge is 0.457 e. The standard InChI is InChI=1S/C45H28N2OSi/c1-49-43-35-12-5-13-36(43)47(34-25-31-20-18-28-10-4-11-29-19-21-32(26-34)42(31)41(28)29)38-15-7-17-40(45(38)49)48-39-16-6-14-37(44(39)49)46(35)33-23-22-27-8-2-3-9-30(27)24-33/h2-26H,1H3. The lowest BCUT2D eigenvalue weighted by atomic mass is 9.93. The smallest absolute Gasteiger partial charge is 0.165 e. The lowest BCUT2D eigenvalue weighted by Crippen LogP contribution is -2.72. The van der Waals surface area contributed by atoms with Crippen molar-refractivity contribution in [2.45, 2.75) is 6.55 Å². The molecular weight excluding hydrogens is 613 g/mol. The van der Waals surface area contributed by atoms with Crippen LogP contribution in [0.1, 0.15) is 0 Å². The number of anilines is 6. The van der Waals surface area contributed by atoms with Gasteiger partial charge < -0.3 is 14.5 Å². The molecular formula is C45H28N2OSi. The van der Waals surface area contributed by atoms with Crippen molar-refractivity contribution in [3.05, 3.63) is 152 Å². The third kappa shape index (κ3) is 3.13. The van der Waals surface area contributed by atoms with Crippen LogP contribution >= 0.6 is 0 Å². The van der Waals surface area contributed by atoms with E-state index < -0.39 is 8.07 Å². The molecule has 1 atom stereocenters. The number of nitrogens with zero attached hydrogens (tertiary/aromatic N) is 2. The summed E-state index contributed by atoms with van der Waals surface area (Å²) in [6, 6.07) is 56.2. The molecule has 9 aromatic carbocycles. The van der Waals surface area contributed by atoms with Crippen LogP contribution in [0.4, 0.5) is 34.1 Å².